The summed E-state index contributed by atoms with van der Waals surface area (Å²) in [5.41, 5.74) is 4.94. The highest BCUT2D eigenvalue weighted by molar-refractivity contribution is 5.94. The van der Waals surface area contributed by atoms with Crippen LogP contribution in [0.5, 0.6) is 5.75 Å². The number of benzene rings is 3. The first-order valence-corrected chi connectivity index (χ1v) is 9.73. The van der Waals surface area contributed by atoms with Crippen molar-refractivity contribution in [3.63, 3.8) is 0 Å². The summed E-state index contributed by atoms with van der Waals surface area (Å²) in [7, 11) is 0. The Balaban J connectivity index is 1.36. The van der Waals surface area contributed by atoms with Crippen LogP contribution in [0, 0.1) is 12.7 Å². The van der Waals surface area contributed by atoms with Crippen molar-refractivity contribution in [3.05, 3.63) is 89.5 Å². The number of aromatic nitrogens is 2. The van der Waals surface area contributed by atoms with Crippen molar-refractivity contribution in [2.24, 2.45) is 0 Å². The maximum Gasteiger partial charge on any atom is 0.265 e. The number of carbonyl (C=O) groups excluding carboxylic acids is 1. The van der Waals surface area contributed by atoms with E-state index in [9.17, 15) is 9.18 Å². The van der Waals surface area contributed by atoms with Crippen LogP contribution in [-0.2, 0) is 11.2 Å². The molecule has 1 heterocycles. The Kier molecular flexibility index (Phi) is 5.48. The van der Waals surface area contributed by atoms with Gasteiger partial charge in [0, 0.05) is 12.1 Å². The molecule has 0 aliphatic carbocycles. The van der Waals surface area contributed by atoms with Crippen LogP contribution in [0.15, 0.2) is 66.7 Å². The Labute approximate surface area is 173 Å². The van der Waals surface area contributed by atoms with Crippen molar-refractivity contribution in [3.8, 4) is 5.75 Å². The smallest absolute Gasteiger partial charge is 0.265 e. The molecule has 4 aromatic rings. The molecule has 3 aromatic carbocycles. The number of rotatable bonds is 6. The minimum atomic E-state index is -0.714. The van der Waals surface area contributed by atoms with Crippen LogP contribution < -0.4 is 10.1 Å². The van der Waals surface area contributed by atoms with E-state index in [1.165, 1.54) is 29.8 Å². The van der Waals surface area contributed by atoms with Crippen molar-refractivity contribution >= 4 is 22.6 Å². The number of H-pyrrole nitrogens is 1. The number of halogens is 1. The number of anilines is 1. The van der Waals surface area contributed by atoms with Gasteiger partial charge in [-0.25, -0.2) is 9.37 Å². The third-order valence-electron chi connectivity index (χ3n) is 4.78. The van der Waals surface area contributed by atoms with Crippen molar-refractivity contribution in [2.45, 2.75) is 26.4 Å². The van der Waals surface area contributed by atoms with Crippen LogP contribution in [-0.4, -0.2) is 22.0 Å². The number of aryl methyl sites for hydroxylation is 1. The summed E-state index contributed by atoms with van der Waals surface area (Å²) in [5, 5.41) is 2.83. The van der Waals surface area contributed by atoms with E-state index in [1.807, 2.05) is 36.4 Å². The zero-order chi connectivity index (χ0) is 21.1. The summed E-state index contributed by atoms with van der Waals surface area (Å²) in [6.45, 7) is 3.70. The molecule has 0 spiro atoms. The van der Waals surface area contributed by atoms with E-state index < -0.39 is 6.10 Å². The Morgan fingerprint density at radius 2 is 1.83 bits per heavy atom. The molecule has 0 saturated heterocycles. The van der Waals surface area contributed by atoms with Gasteiger partial charge in [0.05, 0.1) is 11.0 Å². The van der Waals surface area contributed by atoms with E-state index >= 15 is 0 Å². The molecule has 152 valence electrons. The van der Waals surface area contributed by atoms with Crippen LogP contribution in [0.2, 0.25) is 0 Å². The second-order valence-corrected chi connectivity index (χ2v) is 7.28. The van der Waals surface area contributed by atoms with E-state index in [4.69, 9.17) is 4.74 Å². The number of hydrogen-bond donors (Lipinski definition) is 2. The summed E-state index contributed by atoms with van der Waals surface area (Å²) < 4.78 is 18.5. The average molecular weight is 403 g/mol. The largest absolute Gasteiger partial charge is 0.481 e. The molecule has 0 saturated carbocycles. The summed E-state index contributed by atoms with van der Waals surface area (Å²) >= 11 is 0. The molecule has 1 aromatic heterocycles. The van der Waals surface area contributed by atoms with E-state index in [-0.39, 0.29) is 11.7 Å². The van der Waals surface area contributed by atoms with Gasteiger partial charge in [-0.05, 0) is 73.5 Å². The quantitative estimate of drug-likeness (QED) is 0.476. The Morgan fingerprint density at radius 1 is 1.10 bits per heavy atom. The maximum absolute atomic E-state index is 13.0. The molecule has 0 bridgehead atoms. The Bertz CT molecular complexity index is 1170. The second-order valence-electron chi connectivity index (χ2n) is 7.28. The van der Waals surface area contributed by atoms with Gasteiger partial charge >= 0.3 is 0 Å². The average Bonchev–Trinajstić information content (AvgIpc) is 3.12. The molecule has 0 aliphatic rings. The third-order valence-corrected chi connectivity index (χ3v) is 4.78. The topological polar surface area (TPSA) is 67.0 Å². The molecule has 6 heteroatoms. The van der Waals surface area contributed by atoms with Crippen LogP contribution >= 0.6 is 0 Å². The zero-order valence-electron chi connectivity index (χ0n) is 16.8. The van der Waals surface area contributed by atoms with Crippen molar-refractivity contribution < 1.29 is 13.9 Å². The number of ether oxygens (including phenoxy) is 1. The lowest BCUT2D eigenvalue weighted by molar-refractivity contribution is -0.122. The number of nitrogens with zero attached hydrogens (tertiary/aromatic N) is 1. The summed E-state index contributed by atoms with van der Waals surface area (Å²) in [4.78, 5) is 20.3. The monoisotopic (exact) mass is 403 g/mol. The molecule has 2 N–H and O–H groups in total. The second kappa shape index (κ2) is 8.37. The fraction of sp³-hybridized carbons (Fsp3) is 0.167. The van der Waals surface area contributed by atoms with E-state index in [0.29, 0.717) is 17.9 Å². The maximum atomic E-state index is 13.0. The van der Waals surface area contributed by atoms with Crippen LogP contribution in [0.3, 0.4) is 0 Å². The number of hydrogen-bond acceptors (Lipinski definition) is 3. The molecule has 30 heavy (non-hydrogen) atoms. The van der Waals surface area contributed by atoms with Crippen molar-refractivity contribution in [1.29, 1.82) is 0 Å². The molecule has 0 radical (unpaired) electrons. The van der Waals surface area contributed by atoms with Crippen molar-refractivity contribution in [2.75, 3.05) is 5.32 Å². The van der Waals surface area contributed by atoms with E-state index in [2.05, 4.69) is 28.3 Å². The lowest BCUT2D eigenvalue weighted by Crippen LogP contribution is -2.30. The number of fused-ring (bicyclic) bond motifs is 1. The highest BCUT2D eigenvalue weighted by Gasteiger charge is 2.15. The lowest BCUT2D eigenvalue weighted by Gasteiger charge is -2.15. The van der Waals surface area contributed by atoms with Gasteiger partial charge in [0.25, 0.3) is 5.91 Å². The minimum Gasteiger partial charge on any atom is -0.481 e. The fourth-order valence-electron chi connectivity index (χ4n) is 3.17. The van der Waals surface area contributed by atoms with Gasteiger partial charge in [0.15, 0.2) is 6.10 Å². The fourth-order valence-corrected chi connectivity index (χ4v) is 3.17. The molecule has 0 unspecified atom stereocenters. The first kappa shape index (κ1) is 19.6. The van der Waals surface area contributed by atoms with E-state index in [1.54, 1.807) is 6.92 Å². The van der Waals surface area contributed by atoms with Gasteiger partial charge in [0.2, 0.25) is 0 Å². The predicted molar refractivity (Wildman–Crippen MR) is 115 cm³/mol. The number of aromatic amines is 1. The standard InChI is InChI=1S/C24H22FN3O2/c1-15-3-12-21-22(13-15)28-23(27-21)14-17-4-8-19(9-5-17)26-24(29)16(2)30-20-10-6-18(25)7-11-20/h3-13,16H,14H2,1-2H3,(H,26,29)(H,27,28)/t16-/m1/s1. The van der Waals surface area contributed by atoms with Crippen LogP contribution in [0.1, 0.15) is 23.9 Å². The molecular formula is C24H22FN3O2. The highest BCUT2D eigenvalue weighted by atomic mass is 19.1. The first-order valence-electron chi connectivity index (χ1n) is 9.73. The van der Waals surface area contributed by atoms with Gasteiger partial charge in [-0.3, -0.25) is 4.79 Å². The third kappa shape index (κ3) is 4.66. The van der Waals surface area contributed by atoms with Crippen LogP contribution in [0.4, 0.5) is 10.1 Å². The van der Waals surface area contributed by atoms with Crippen molar-refractivity contribution in [1.82, 2.24) is 9.97 Å². The predicted octanol–water partition coefficient (Wildman–Crippen LogP) is 5.01. The molecule has 1 atom stereocenters. The number of amides is 1. The molecule has 4 rings (SSSR count). The molecule has 0 aliphatic heterocycles. The Morgan fingerprint density at radius 3 is 2.57 bits per heavy atom. The van der Waals surface area contributed by atoms with Gasteiger partial charge < -0.3 is 15.0 Å². The summed E-state index contributed by atoms with van der Waals surface area (Å²) in [6.07, 6.45) is -0.0411. The molecule has 5 nitrogen and oxygen atoms in total. The van der Waals surface area contributed by atoms with E-state index in [0.717, 1.165) is 22.4 Å². The molecule has 0 fully saturated rings. The van der Waals surface area contributed by atoms with Gasteiger partial charge in [-0.1, -0.05) is 18.2 Å². The van der Waals surface area contributed by atoms with Gasteiger partial charge in [0.1, 0.15) is 17.4 Å². The SMILES string of the molecule is Cc1ccc2nc(Cc3ccc(NC(=O)[C@@H](C)Oc4ccc(F)cc4)cc3)[nH]c2c1. The minimum absolute atomic E-state index is 0.278. The number of nitrogens with one attached hydrogen (secondary N) is 2. The molecule has 1 amide bonds. The number of carbonyl (C=O) groups is 1. The Hall–Kier alpha value is -3.67. The number of imidazole rings is 1. The summed E-state index contributed by atoms with van der Waals surface area (Å²) in [5.74, 6) is 0.709. The normalized spacial score (nSPS) is 12.0. The van der Waals surface area contributed by atoms with Gasteiger partial charge in [-0.15, -0.1) is 0 Å². The molecular weight excluding hydrogens is 381 g/mol. The highest BCUT2D eigenvalue weighted by Crippen LogP contribution is 2.18. The lowest BCUT2D eigenvalue weighted by atomic mass is 10.1. The zero-order valence-corrected chi connectivity index (χ0v) is 16.8. The van der Waals surface area contributed by atoms with Crippen LogP contribution in [0.25, 0.3) is 11.0 Å². The van der Waals surface area contributed by atoms with Gasteiger partial charge in [-0.2, -0.15) is 0 Å². The first-order chi connectivity index (χ1) is 14.5. The summed E-state index contributed by atoms with van der Waals surface area (Å²) in [6, 6.07) is 19.3.